The molecule has 2 aromatic carbocycles. The van der Waals surface area contributed by atoms with Crippen molar-refractivity contribution in [1.82, 2.24) is 15.2 Å². The fraction of sp³-hybridized carbons (Fsp3) is 0.250. The van der Waals surface area contributed by atoms with E-state index in [1.807, 2.05) is 24.3 Å². The van der Waals surface area contributed by atoms with Gasteiger partial charge < -0.3 is 14.8 Å². The van der Waals surface area contributed by atoms with Crippen LogP contribution in [0, 0.1) is 10.1 Å². The highest BCUT2D eigenvalue weighted by atomic mass is 32.2. The molecule has 0 saturated heterocycles. The predicted molar refractivity (Wildman–Crippen MR) is 113 cm³/mol. The van der Waals surface area contributed by atoms with Crippen LogP contribution in [-0.2, 0) is 0 Å². The van der Waals surface area contributed by atoms with Crippen LogP contribution in [0.15, 0.2) is 47.6 Å². The molecule has 1 aliphatic heterocycles. The van der Waals surface area contributed by atoms with Gasteiger partial charge in [0.25, 0.3) is 0 Å². The molecule has 0 amide bonds. The zero-order chi connectivity index (χ0) is 21.1. The van der Waals surface area contributed by atoms with E-state index in [2.05, 4.69) is 27.4 Å². The topological polar surface area (TPSA) is 112 Å². The summed E-state index contributed by atoms with van der Waals surface area (Å²) in [6.07, 6.45) is 0.270. The summed E-state index contributed by atoms with van der Waals surface area (Å²) in [4.78, 5) is 15.5. The first-order valence-electron chi connectivity index (χ1n) is 9.33. The number of aromatic nitrogens is 3. The van der Waals surface area contributed by atoms with Crippen molar-refractivity contribution < 1.29 is 14.4 Å². The van der Waals surface area contributed by atoms with Gasteiger partial charge in [0, 0.05) is 28.6 Å². The van der Waals surface area contributed by atoms with Gasteiger partial charge in [-0.1, -0.05) is 36.9 Å². The highest BCUT2D eigenvalue weighted by Crippen LogP contribution is 2.40. The number of nitro benzene ring substituents is 1. The van der Waals surface area contributed by atoms with E-state index in [9.17, 15) is 10.1 Å². The number of thioether (sulfide) groups is 1. The van der Waals surface area contributed by atoms with Gasteiger partial charge in [0.1, 0.15) is 0 Å². The van der Waals surface area contributed by atoms with Gasteiger partial charge in [0.05, 0.1) is 12.0 Å². The SMILES string of the molecule is CCCSc1nnc2c(n1)O[C@@H](c1ccc(OC)c([N+](=O)[O-])c1)Nc1ccccc1-2. The third-order valence-corrected chi connectivity index (χ3v) is 5.51. The Morgan fingerprint density at radius 3 is 2.87 bits per heavy atom. The lowest BCUT2D eigenvalue weighted by Gasteiger charge is -2.19. The summed E-state index contributed by atoms with van der Waals surface area (Å²) in [6.45, 7) is 2.08. The number of ether oxygens (including phenoxy) is 2. The van der Waals surface area contributed by atoms with Crippen LogP contribution >= 0.6 is 11.8 Å². The Balaban J connectivity index is 1.79. The molecule has 0 spiro atoms. The molecule has 0 bridgehead atoms. The third-order valence-electron chi connectivity index (χ3n) is 4.47. The number of methoxy groups -OCH3 is 1. The molecule has 1 aliphatic rings. The maximum atomic E-state index is 11.5. The maximum absolute atomic E-state index is 11.5. The quantitative estimate of drug-likeness (QED) is 0.347. The van der Waals surface area contributed by atoms with Crippen LogP contribution in [0.5, 0.6) is 11.6 Å². The van der Waals surface area contributed by atoms with Gasteiger partial charge in [-0.15, -0.1) is 10.2 Å². The molecule has 9 nitrogen and oxygen atoms in total. The van der Waals surface area contributed by atoms with Crippen molar-refractivity contribution in [2.75, 3.05) is 18.2 Å². The number of fused-ring (bicyclic) bond motifs is 3. The Kier molecular flexibility index (Phi) is 5.66. The summed E-state index contributed by atoms with van der Waals surface area (Å²) in [5.41, 5.74) is 2.50. The van der Waals surface area contributed by atoms with Crippen LogP contribution in [0.25, 0.3) is 11.3 Å². The summed E-state index contributed by atoms with van der Waals surface area (Å²) in [6, 6.07) is 12.3. The monoisotopic (exact) mass is 425 g/mol. The van der Waals surface area contributed by atoms with Crippen molar-refractivity contribution >= 4 is 23.1 Å². The fourth-order valence-corrected chi connectivity index (χ4v) is 3.70. The molecule has 154 valence electrons. The zero-order valence-corrected chi connectivity index (χ0v) is 17.2. The number of rotatable bonds is 6. The summed E-state index contributed by atoms with van der Waals surface area (Å²) in [7, 11) is 1.40. The Labute approximate surface area is 177 Å². The molecule has 1 aromatic heterocycles. The van der Waals surface area contributed by atoms with E-state index in [1.165, 1.54) is 24.9 Å². The molecular formula is C20H19N5O4S. The molecule has 0 unspecified atom stereocenters. The number of nitro groups is 1. The van der Waals surface area contributed by atoms with Crippen molar-refractivity contribution in [2.24, 2.45) is 0 Å². The number of hydrogen-bond acceptors (Lipinski definition) is 9. The van der Waals surface area contributed by atoms with Gasteiger partial charge in [0.15, 0.2) is 17.7 Å². The van der Waals surface area contributed by atoms with Crippen molar-refractivity contribution in [3.63, 3.8) is 0 Å². The second kappa shape index (κ2) is 8.54. The number of anilines is 1. The van der Waals surface area contributed by atoms with Gasteiger partial charge in [-0.25, -0.2) is 0 Å². The van der Waals surface area contributed by atoms with E-state index in [1.54, 1.807) is 12.1 Å². The lowest BCUT2D eigenvalue weighted by molar-refractivity contribution is -0.385. The van der Waals surface area contributed by atoms with Crippen molar-refractivity contribution in [3.05, 3.63) is 58.1 Å². The number of nitrogens with one attached hydrogen (secondary N) is 1. The van der Waals surface area contributed by atoms with E-state index < -0.39 is 11.2 Å². The second-order valence-electron chi connectivity index (χ2n) is 6.47. The van der Waals surface area contributed by atoms with Gasteiger partial charge in [0.2, 0.25) is 11.0 Å². The Morgan fingerprint density at radius 2 is 2.10 bits per heavy atom. The van der Waals surface area contributed by atoms with E-state index in [4.69, 9.17) is 9.47 Å². The molecule has 30 heavy (non-hydrogen) atoms. The van der Waals surface area contributed by atoms with Crippen LogP contribution in [0.1, 0.15) is 25.1 Å². The third kappa shape index (κ3) is 3.86. The molecule has 10 heteroatoms. The first-order valence-corrected chi connectivity index (χ1v) is 10.3. The van der Waals surface area contributed by atoms with Crippen molar-refractivity contribution in [3.8, 4) is 22.9 Å². The van der Waals surface area contributed by atoms with Crippen LogP contribution in [0.4, 0.5) is 11.4 Å². The Morgan fingerprint density at radius 1 is 1.27 bits per heavy atom. The van der Waals surface area contributed by atoms with Crippen LogP contribution in [-0.4, -0.2) is 33.0 Å². The van der Waals surface area contributed by atoms with Crippen LogP contribution in [0.2, 0.25) is 0 Å². The van der Waals surface area contributed by atoms with Crippen molar-refractivity contribution in [1.29, 1.82) is 0 Å². The molecule has 2 heterocycles. The van der Waals surface area contributed by atoms with E-state index in [0.717, 1.165) is 23.4 Å². The van der Waals surface area contributed by atoms with Crippen LogP contribution in [0.3, 0.4) is 0 Å². The molecule has 0 aliphatic carbocycles. The second-order valence-corrected chi connectivity index (χ2v) is 7.53. The minimum Gasteiger partial charge on any atom is -0.490 e. The first-order chi connectivity index (χ1) is 14.6. The zero-order valence-electron chi connectivity index (χ0n) is 16.4. The van der Waals surface area contributed by atoms with Gasteiger partial charge >= 0.3 is 5.69 Å². The van der Waals surface area contributed by atoms with E-state index in [0.29, 0.717) is 22.3 Å². The number of para-hydroxylation sites is 1. The first kappa shape index (κ1) is 19.9. The molecule has 1 atom stereocenters. The van der Waals surface area contributed by atoms with E-state index in [-0.39, 0.29) is 11.4 Å². The highest BCUT2D eigenvalue weighted by Gasteiger charge is 2.28. The number of nitrogens with zero attached hydrogens (tertiary/aromatic N) is 4. The van der Waals surface area contributed by atoms with E-state index >= 15 is 0 Å². The summed E-state index contributed by atoms with van der Waals surface area (Å²) >= 11 is 1.50. The average Bonchev–Trinajstić information content (AvgIpc) is 2.93. The molecule has 0 fully saturated rings. The normalized spacial score (nSPS) is 14.5. The lowest BCUT2D eigenvalue weighted by atomic mass is 10.1. The standard InChI is InChI=1S/C20H19N5O4S/c1-3-10-30-20-22-19-17(23-24-20)13-6-4-5-7-14(13)21-18(29-19)12-8-9-16(28-2)15(11-12)25(26)27/h4-9,11,18,21H,3,10H2,1-2H3/t18-/m0/s1. The summed E-state index contributed by atoms with van der Waals surface area (Å²) in [5, 5.41) is 23.8. The molecule has 0 radical (unpaired) electrons. The molecule has 1 N–H and O–H groups in total. The predicted octanol–water partition coefficient (Wildman–Crippen LogP) is 4.46. The largest absolute Gasteiger partial charge is 0.490 e. The minimum atomic E-state index is -0.710. The fourth-order valence-electron chi connectivity index (χ4n) is 3.07. The minimum absolute atomic E-state index is 0.141. The maximum Gasteiger partial charge on any atom is 0.311 e. The molecule has 3 aromatic rings. The molecule has 4 rings (SSSR count). The highest BCUT2D eigenvalue weighted by molar-refractivity contribution is 7.99. The van der Waals surface area contributed by atoms with Gasteiger partial charge in [-0.3, -0.25) is 10.1 Å². The summed E-state index contributed by atoms with van der Waals surface area (Å²) in [5.74, 6) is 1.37. The molecular weight excluding hydrogens is 406 g/mol. The average molecular weight is 425 g/mol. The van der Waals surface area contributed by atoms with Gasteiger partial charge in [-0.2, -0.15) is 4.98 Å². The number of hydrogen-bond donors (Lipinski definition) is 1. The Hall–Kier alpha value is -3.40. The van der Waals surface area contributed by atoms with Crippen LogP contribution < -0.4 is 14.8 Å². The molecule has 0 saturated carbocycles. The Bertz CT molecular complexity index is 1090. The summed E-state index contributed by atoms with van der Waals surface area (Å²) < 4.78 is 11.3. The van der Waals surface area contributed by atoms with Gasteiger partial charge in [-0.05, 0) is 24.6 Å². The number of benzene rings is 2. The lowest BCUT2D eigenvalue weighted by Crippen LogP contribution is -2.17. The smallest absolute Gasteiger partial charge is 0.311 e. The van der Waals surface area contributed by atoms with Crippen molar-refractivity contribution in [2.45, 2.75) is 24.7 Å².